The van der Waals surface area contributed by atoms with Gasteiger partial charge in [-0.15, -0.1) is 11.3 Å². The Hall–Kier alpha value is -1.71. The number of H-pyrrole nitrogens is 1. The van der Waals surface area contributed by atoms with Crippen LogP contribution in [0.5, 0.6) is 0 Å². The van der Waals surface area contributed by atoms with Gasteiger partial charge in [-0.05, 0) is 32.4 Å². The third-order valence-electron chi connectivity index (χ3n) is 2.98. The van der Waals surface area contributed by atoms with Gasteiger partial charge in [0.05, 0.1) is 6.20 Å². The largest absolute Gasteiger partial charge is 0.478 e. The molecule has 1 atom stereocenters. The Morgan fingerprint density at radius 2 is 2.14 bits per heavy atom. The molecular weight excluding hydrogens is 314 g/mol. The maximum absolute atomic E-state index is 12.3. The molecule has 2 aromatic rings. The summed E-state index contributed by atoms with van der Waals surface area (Å²) in [4.78, 5) is 13.1. The standard InChI is InChI=1S/C12H15N3O4S2/c1-6-4-9(8(3)20-6)7(2)15-21(18,19)11-10(12(16)17)5-13-14-11/h4-5,7,15H,1-3H3,(H,13,14)(H,16,17). The van der Waals surface area contributed by atoms with E-state index in [1.807, 2.05) is 19.9 Å². The van der Waals surface area contributed by atoms with Crippen molar-refractivity contribution in [3.05, 3.63) is 33.1 Å². The first-order chi connectivity index (χ1) is 9.72. The van der Waals surface area contributed by atoms with Crippen molar-refractivity contribution >= 4 is 27.3 Å². The highest BCUT2D eigenvalue weighted by Crippen LogP contribution is 2.27. The molecule has 0 bridgehead atoms. The zero-order valence-electron chi connectivity index (χ0n) is 11.7. The Balaban J connectivity index is 2.31. The summed E-state index contributed by atoms with van der Waals surface area (Å²) in [6, 6.07) is 1.45. The first kappa shape index (κ1) is 15.7. The average Bonchev–Trinajstić information content (AvgIpc) is 2.95. The normalized spacial score (nSPS) is 13.3. The highest BCUT2D eigenvalue weighted by atomic mass is 32.2. The summed E-state index contributed by atoms with van der Waals surface area (Å²) in [5.74, 6) is -1.35. The number of nitrogens with zero attached hydrogens (tertiary/aromatic N) is 1. The fraction of sp³-hybridized carbons (Fsp3) is 0.333. The van der Waals surface area contributed by atoms with Gasteiger partial charge in [-0.3, -0.25) is 5.10 Å². The SMILES string of the molecule is Cc1cc(C(C)NS(=O)(=O)c2[nH]ncc2C(=O)O)c(C)s1. The van der Waals surface area contributed by atoms with E-state index >= 15 is 0 Å². The number of sulfonamides is 1. The minimum absolute atomic E-state index is 0.382. The van der Waals surface area contributed by atoms with E-state index in [1.165, 1.54) is 0 Å². The van der Waals surface area contributed by atoms with E-state index in [-0.39, 0.29) is 5.56 Å². The number of carboxylic acids is 1. The molecule has 0 amide bonds. The van der Waals surface area contributed by atoms with Crippen molar-refractivity contribution in [2.45, 2.75) is 31.8 Å². The number of aromatic carboxylic acids is 1. The van der Waals surface area contributed by atoms with Crippen molar-refractivity contribution in [1.29, 1.82) is 0 Å². The Morgan fingerprint density at radius 3 is 2.67 bits per heavy atom. The van der Waals surface area contributed by atoms with Crippen molar-refractivity contribution in [3.8, 4) is 0 Å². The minimum atomic E-state index is -3.99. The van der Waals surface area contributed by atoms with E-state index in [0.29, 0.717) is 0 Å². The van der Waals surface area contributed by atoms with Gasteiger partial charge in [0, 0.05) is 15.8 Å². The third-order valence-corrected chi connectivity index (χ3v) is 5.48. The molecule has 0 saturated heterocycles. The number of nitrogens with one attached hydrogen (secondary N) is 2. The van der Waals surface area contributed by atoms with Crippen LogP contribution in [0.25, 0.3) is 0 Å². The molecular formula is C12H15N3O4S2. The van der Waals surface area contributed by atoms with E-state index in [9.17, 15) is 13.2 Å². The predicted octanol–water partition coefficient (Wildman–Crippen LogP) is 1.83. The summed E-state index contributed by atoms with van der Waals surface area (Å²) in [5.41, 5.74) is 0.491. The van der Waals surface area contributed by atoms with Crippen molar-refractivity contribution in [1.82, 2.24) is 14.9 Å². The molecule has 1 unspecified atom stereocenters. The van der Waals surface area contributed by atoms with E-state index < -0.39 is 27.1 Å². The molecule has 0 aromatic carbocycles. The van der Waals surface area contributed by atoms with E-state index in [2.05, 4.69) is 14.9 Å². The van der Waals surface area contributed by atoms with Crippen molar-refractivity contribution in [2.24, 2.45) is 0 Å². The van der Waals surface area contributed by atoms with Gasteiger partial charge in [0.25, 0.3) is 10.0 Å². The van der Waals surface area contributed by atoms with Gasteiger partial charge in [-0.2, -0.15) is 5.10 Å². The monoisotopic (exact) mass is 329 g/mol. The minimum Gasteiger partial charge on any atom is -0.478 e. The molecule has 0 aliphatic rings. The van der Waals surface area contributed by atoms with Crippen LogP contribution in [0, 0.1) is 13.8 Å². The summed E-state index contributed by atoms with van der Waals surface area (Å²) in [7, 11) is -3.99. The molecule has 2 heterocycles. The molecule has 114 valence electrons. The van der Waals surface area contributed by atoms with Gasteiger partial charge in [-0.25, -0.2) is 17.9 Å². The molecule has 0 fully saturated rings. The summed E-state index contributed by atoms with van der Waals surface area (Å²) in [6.07, 6.45) is 0.974. The highest BCUT2D eigenvalue weighted by molar-refractivity contribution is 7.89. The van der Waals surface area contributed by atoms with E-state index in [0.717, 1.165) is 21.5 Å². The molecule has 9 heteroatoms. The lowest BCUT2D eigenvalue weighted by Gasteiger charge is -2.13. The summed E-state index contributed by atoms with van der Waals surface area (Å²) < 4.78 is 27.0. The van der Waals surface area contributed by atoms with E-state index in [1.54, 1.807) is 18.3 Å². The fourth-order valence-electron chi connectivity index (χ4n) is 2.07. The number of aryl methyl sites for hydroxylation is 2. The number of hydrogen-bond donors (Lipinski definition) is 3. The number of thiophene rings is 1. The summed E-state index contributed by atoms with van der Waals surface area (Å²) >= 11 is 1.58. The zero-order valence-corrected chi connectivity index (χ0v) is 13.3. The molecule has 21 heavy (non-hydrogen) atoms. The van der Waals surface area contributed by atoms with Gasteiger partial charge in [0.1, 0.15) is 5.56 Å². The summed E-state index contributed by atoms with van der Waals surface area (Å²) in [6.45, 7) is 5.57. The molecule has 0 aliphatic carbocycles. The Labute approximate surface area is 126 Å². The van der Waals surface area contributed by atoms with Crippen LogP contribution in [0.2, 0.25) is 0 Å². The van der Waals surface area contributed by atoms with Crippen molar-refractivity contribution in [3.63, 3.8) is 0 Å². The number of aromatic nitrogens is 2. The van der Waals surface area contributed by atoms with Crippen LogP contribution < -0.4 is 4.72 Å². The second-order valence-corrected chi connectivity index (χ2v) is 7.74. The number of rotatable bonds is 5. The van der Waals surface area contributed by atoms with Gasteiger partial charge in [0.15, 0.2) is 5.03 Å². The van der Waals surface area contributed by atoms with Gasteiger partial charge >= 0.3 is 5.97 Å². The average molecular weight is 329 g/mol. The number of hydrogen-bond acceptors (Lipinski definition) is 5. The van der Waals surface area contributed by atoms with Gasteiger partial charge in [0.2, 0.25) is 0 Å². The second-order valence-electron chi connectivity index (χ2n) is 4.63. The molecule has 2 rings (SSSR count). The van der Waals surface area contributed by atoms with Crippen molar-refractivity contribution in [2.75, 3.05) is 0 Å². The molecule has 2 aromatic heterocycles. The number of carbonyl (C=O) groups is 1. The zero-order chi connectivity index (χ0) is 15.8. The second kappa shape index (κ2) is 5.58. The van der Waals surface area contributed by atoms with Gasteiger partial charge < -0.3 is 5.11 Å². The van der Waals surface area contributed by atoms with Crippen LogP contribution in [0.15, 0.2) is 17.3 Å². The van der Waals surface area contributed by atoms with Crippen LogP contribution in [-0.4, -0.2) is 29.7 Å². The first-order valence-electron chi connectivity index (χ1n) is 6.08. The number of carboxylic acid groups (broad SMARTS) is 1. The maximum atomic E-state index is 12.3. The van der Waals surface area contributed by atoms with Crippen LogP contribution in [0.3, 0.4) is 0 Å². The smallest absolute Gasteiger partial charge is 0.340 e. The number of aromatic amines is 1. The Bertz CT molecular complexity index is 776. The molecule has 7 nitrogen and oxygen atoms in total. The predicted molar refractivity (Wildman–Crippen MR) is 78.1 cm³/mol. The summed E-state index contributed by atoms with van der Waals surface area (Å²) in [5, 5.41) is 14.2. The quantitative estimate of drug-likeness (QED) is 0.774. The van der Waals surface area contributed by atoms with Crippen molar-refractivity contribution < 1.29 is 18.3 Å². The molecule has 0 spiro atoms. The molecule has 3 N–H and O–H groups in total. The highest BCUT2D eigenvalue weighted by Gasteiger charge is 2.27. The third kappa shape index (κ3) is 3.14. The Morgan fingerprint density at radius 1 is 1.48 bits per heavy atom. The van der Waals surface area contributed by atoms with Gasteiger partial charge in [-0.1, -0.05) is 0 Å². The molecule has 0 aliphatic heterocycles. The fourth-order valence-corrected chi connectivity index (χ4v) is 4.40. The van der Waals surface area contributed by atoms with Crippen LogP contribution in [0.1, 0.15) is 38.6 Å². The van der Waals surface area contributed by atoms with Crippen LogP contribution >= 0.6 is 11.3 Å². The van der Waals surface area contributed by atoms with E-state index in [4.69, 9.17) is 5.11 Å². The molecule has 0 radical (unpaired) electrons. The van der Waals surface area contributed by atoms with Crippen LogP contribution in [0.4, 0.5) is 0 Å². The maximum Gasteiger partial charge on any atom is 0.340 e. The molecule has 0 saturated carbocycles. The topological polar surface area (TPSA) is 112 Å². The first-order valence-corrected chi connectivity index (χ1v) is 8.38. The lowest BCUT2D eigenvalue weighted by molar-refractivity contribution is 0.0692. The lowest BCUT2D eigenvalue weighted by atomic mass is 10.1. The van der Waals surface area contributed by atoms with Crippen LogP contribution in [-0.2, 0) is 10.0 Å². The lowest BCUT2D eigenvalue weighted by Crippen LogP contribution is -2.28. The Kier molecular flexibility index (Phi) is 4.17.